The van der Waals surface area contributed by atoms with E-state index in [2.05, 4.69) is 43.1 Å². The monoisotopic (exact) mass is 243 g/mol. The van der Waals surface area contributed by atoms with E-state index in [1.54, 1.807) is 0 Å². The second-order valence-electron chi connectivity index (χ2n) is 5.34. The minimum absolute atomic E-state index is 0.555. The number of nitrogens with zero attached hydrogens (tertiary/aromatic N) is 2. The Kier molecular flexibility index (Phi) is 4.00. The molecule has 2 unspecified atom stereocenters. The van der Waals surface area contributed by atoms with Gasteiger partial charge in [0.15, 0.2) is 0 Å². The molecule has 3 nitrogen and oxygen atoms in total. The Morgan fingerprint density at radius 1 is 1.44 bits per heavy atom. The number of nitriles is 1. The van der Waals surface area contributed by atoms with Gasteiger partial charge >= 0.3 is 0 Å². The molecule has 0 bridgehead atoms. The Balaban J connectivity index is 2.11. The summed E-state index contributed by atoms with van der Waals surface area (Å²) in [5.74, 6) is 0. The van der Waals surface area contributed by atoms with Gasteiger partial charge in [-0.2, -0.15) is 5.26 Å². The SMILES string of the molecule is Cc1cc(C#N)ccc1CN1CC(C)NCC1C. The maximum atomic E-state index is 8.88. The van der Waals surface area contributed by atoms with E-state index in [0.29, 0.717) is 12.1 Å². The number of hydrogen-bond acceptors (Lipinski definition) is 3. The lowest BCUT2D eigenvalue weighted by Gasteiger charge is -2.37. The molecule has 0 saturated carbocycles. The molecule has 1 saturated heterocycles. The molecule has 1 N–H and O–H groups in total. The number of aryl methyl sites for hydroxylation is 1. The Hall–Kier alpha value is -1.37. The average molecular weight is 243 g/mol. The quantitative estimate of drug-likeness (QED) is 0.864. The molecule has 1 aromatic rings. The average Bonchev–Trinajstić information content (AvgIpc) is 2.36. The van der Waals surface area contributed by atoms with Crippen molar-refractivity contribution in [2.75, 3.05) is 13.1 Å². The van der Waals surface area contributed by atoms with Crippen LogP contribution in [0.4, 0.5) is 0 Å². The Morgan fingerprint density at radius 3 is 2.89 bits per heavy atom. The number of nitrogens with one attached hydrogen (secondary N) is 1. The van der Waals surface area contributed by atoms with Crippen molar-refractivity contribution in [2.45, 2.75) is 39.4 Å². The molecule has 0 aromatic heterocycles. The van der Waals surface area contributed by atoms with Crippen molar-refractivity contribution in [2.24, 2.45) is 0 Å². The van der Waals surface area contributed by atoms with Gasteiger partial charge in [0.25, 0.3) is 0 Å². The van der Waals surface area contributed by atoms with E-state index >= 15 is 0 Å². The maximum Gasteiger partial charge on any atom is 0.0991 e. The summed E-state index contributed by atoms with van der Waals surface area (Å²) in [4.78, 5) is 2.51. The van der Waals surface area contributed by atoms with Crippen LogP contribution in [0.25, 0.3) is 0 Å². The fourth-order valence-electron chi connectivity index (χ4n) is 2.48. The van der Waals surface area contributed by atoms with Gasteiger partial charge < -0.3 is 5.32 Å². The predicted octanol–water partition coefficient (Wildman–Crippen LogP) is 2.05. The highest BCUT2D eigenvalue weighted by atomic mass is 15.2. The van der Waals surface area contributed by atoms with E-state index in [1.165, 1.54) is 11.1 Å². The van der Waals surface area contributed by atoms with Crippen LogP contribution in [0, 0.1) is 18.3 Å². The number of rotatable bonds is 2. The molecular weight excluding hydrogens is 222 g/mol. The number of hydrogen-bond donors (Lipinski definition) is 1. The minimum Gasteiger partial charge on any atom is -0.311 e. The molecule has 2 atom stereocenters. The molecule has 1 fully saturated rings. The van der Waals surface area contributed by atoms with Crippen LogP contribution in [0.15, 0.2) is 18.2 Å². The molecule has 0 aliphatic carbocycles. The van der Waals surface area contributed by atoms with Crippen molar-refractivity contribution in [1.29, 1.82) is 5.26 Å². The van der Waals surface area contributed by atoms with Gasteiger partial charge in [-0.1, -0.05) is 6.07 Å². The first-order valence-corrected chi connectivity index (χ1v) is 6.57. The fourth-order valence-corrected chi connectivity index (χ4v) is 2.48. The summed E-state index contributed by atoms with van der Waals surface area (Å²) >= 11 is 0. The lowest BCUT2D eigenvalue weighted by atomic mass is 10.0. The first kappa shape index (κ1) is 13.1. The van der Waals surface area contributed by atoms with Gasteiger partial charge in [-0.15, -0.1) is 0 Å². The van der Waals surface area contributed by atoms with Crippen LogP contribution in [-0.2, 0) is 6.54 Å². The topological polar surface area (TPSA) is 39.1 Å². The summed E-state index contributed by atoms with van der Waals surface area (Å²) in [5.41, 5.74) is 3.29. The molecule has 18 heavy (non-hydrogen) atoms. The number of piperazine rings is 1. The Bertz CT molecular complexity index is 461. The standard InChI is InChI=1S/C15H21N3/c1-11-6-14(7-16)4-5-15(11)10-18-9-12(2)17-8-13(18)3/h4-6,12-13,17H,8-10H2,1-3H3. The first-order chi connectivity index (χ1) is 8.60. The molecule has 1 aliphatic rings. The maximum absolute atomic E-state index is 8.88. The van der Waals surface area contributed by atoms with Crippen LogP contribution in [-0.4, -0.2) is 30.1 Å². The number of benzene rings is 1. The van der Waals surface area contributed by atoms with Crippen molar-refractivity contribution in [3.05, 3.63) is 34.9 Å². The molecule has 1 aromatic carbocycles. The highest BCUT2D eigenvalue weighted by Gasteiger charge is 2.22. The third-order valence-corrected chi connectivity index (χ3v) is 3.74. The van der Waals surface area contributed by atoms with Crippen molar-refractivity contribution in [3.8, 4) is 6.07 Å². The summed E-state index contributed by atoms with van der Waals surface area (Å²) in [6.07, 6.45) is 0. The lowest BCUT2D eigenvalue weighted by Crippen LogP contribution is -2.53. The van der Waals surface area contributed by atoms with Crippen LogP contribution in [0.3, 0.4) is 0 Å². The van der Waals surface area contributed by atoms with Crippen LogP contribution in [0.1, 0.15) is 30.5 Å². The third kappa shape index (κ3) is 2.90. The zero-order chi connectivity index (χ0) is 13.1. The van der Waals surface area contributed by atoms with Crippen molar-refractivity contribution in [1.82, 2.24) is 10.2 Å². The zero-order valence-electron chi connectivity index (χ0n) is 11.4. The molecule has 1 heterocycles. The van der Waals surface area contributed by atoms with E-state index in [0.717, 1.165) is 25.2 Å². The van der Waals surface area contributed by atoms with E-state index in [4.69, 9.17) is 5.26 Å². The summed E-state index contributed by atoms with van der Waals surface area (Å²) in [6.45, 7) is 9.69. The Labute approximate surface area is 109 Å². The highest BCUT2D eigenvalue weighted by Crippen LogP contribution is 2.16. The second-order valence-corrected chi connectivity index (χ2v) is 5.34. The van der Waals surface area contributed by atoms with Crippen LogP contribution < -0.4 is 5.32 Å². The van der Waals surface area contributed by atoms with E-state index in [9.17, 15) is 0 Å². The fraction of sp³-hybridized carbons (Fsp3) is 0.533. The van der Waals surface area contributed by atoms with Crippen molar-refractivity contribution >= 4 is 0 Å². The highest BCUT2D eigenvalue weighted by molar-refractivity contribution is 5.37. The molecular formula is C15H21N3. The summed E-state index contributed by atoms with van der Waals surface area (Å²) < 4.78 is 0. The first-order valence-electron chi connectivity index (χ1n) is 6.57. The third-order valence-electron chi connectivity index (χ3n) is 3.74. The lowest BCUT2D eigenvalue weighted by molar-refractivity contribution is 0.138. The summed E-state index contributed by atoms with van der Waals surface area (Å²) in [6, 6.07) is 9.30. The smallest absolute Gasteiger partial charge is 0.0991 e. The predicted molar refractivity (Wildman–Crippen MR) is 73.2 cm³/mol. The Morgan fingerprint density at radius 2 is 2.22 bits per heavy atom. The van der Waals surface area contributed by atoms with Gasteiger partial charge in [-0.05, 0) is 44.0 Å². The normalized spacial score (nSPS) is 24.8. The summed E-state index contributed by atoms with van der Waals surface area (Å²) in [7, 11) is 0. The van der Waals surface area contributed by atoms with Gasteiger partial charge in [-0.25, -0.2) is 0 Å². The zero-order valence-corrected chi connectivity index (χ0v) is 11.4. The van der Waals surface area contributed by atoms with Gasteiger partial charge in [0.1, 0.15) is 0 Å². The molecule has 96 valence electrons. The van der Waals surface area contributed by atoms with Gasteiger partial charge in [0.2, 0.25) is 0 Å². The molecule has 0 spiro atoms. The van der Waals surface area contributed by atoms with Crippen LogP contribution >= 0.6 is 0 Å². The molecule has 2 rings (SSSR count). The minimum atomic E-state index is 0.555. The molecule has 1 aliphatic heterocycles. The van der Waals surface area contributed by atoms with Gasteiger partial charge in [-0.3, -0.25) is 4.90 Å². The largest absolute Gasteiger partial charge is 0.311 e. The van der Waals surface area contributed by atoms with Gasteiger partial charge in [0.05, 0.1) is 11.6 Å². The molecule has 0 radical (unpaired) electrons. The van der Waals surface area contributed by atoms with Crippen molar-refractivity contribution < 1.29 is 0 Å². The van der Waals surface area contributed by atoms with E-state index in [1.807, 2.05) is 12.1 Å². The van der Waals surface area contributed by atoms with E-state index in [-0.39, 0.29) is 0 Å². The second kappa shape index (κ2) is 5.51. The molecule has 0 amide bonds. The van der Waals surface area contributed by atoms with E-state index < -0.39 is 0 Å². The van der Waals surface area contributed by atoms with Crippen LogP contribution in [0.2, 0.25) is 0 Å². The van der Waals surface area contributed by atoms with Crippen LogP contribution in [0.5, 0.6) is 0 Å². The van der Waals surface area contributed by atoms with Crippen molar-refractivity contribution in [3.63, 3.8) is 0 Å². The van der Waals surface area contributed by atoms with Gasteiger partial charge in [0, 0.05) is 31.7 Å². The molecule has 3 heteroatoms. The summed E-state index contributed by atoms with van der Waals surface area (Å²) in [5, 5.41) is 12.4.